The molecule has 2 aromatic carbocycles. The lowest BCUT2D eigenvalue weighted by molar-refractivity contribution is 0.0644. The first-order valence-electron chi connectivity index (χ1n) is 13.4. The topological polar surface area (TPSA) is 181 Å². The summed E-state index contributed by atoms with van der Waals surface area (Å²) in [4.78, 5) is 30.8. The summed E-state index contributed by atoms with van der Waals surface area (Å²) in [5, 5.41) is 14.0. The Morgan fingerprint density at radius 2 is 1.74 bits per heavy atom. The molecule has 1 aliphatic rings. The molecule has 0 aromatic heterocycles. The van der Waals surface area contributed by atoms with Crippen molar-refractivity contribution in [1.29, 1.82) is 0 Å². The van der Waals surface area contributed by atoms with E-state index in [1.54, 1.807) is 12.1 Å². The minimum atomic E-state index is -4.36. The maximum Gasteiger partial charge on any atom is 0.407 e. The highest BCUT2D eigenvalue weighted by Gasteiger charge is 2.32. The average molecular weight is 631 g/mol. The molecule has 0 radical (unpaired) electrons. The number of rotatable bonds is 15. The van der Waals surface area contributed by atoms with Gasteiger partial charge in [0.2, 0.25) is 10.0 Å². The van der Waals surface area contributed by atoms with Gasteiger partial charge in [0.25, 0.3) is 0 Å². The monoisotopic (exact) mass is 630 g/mol. The van der Waals surface area contributed by atoms with Crippen LogP contribution in [0, 0.1) is 5.92 Å². The number of benzene rings is 2. The molecular weight excluding hydrogens is 591 g/mol. The number of aliphatic hydroxyl groups is 1. The Bertz CT molecular complexity index is 1290. The van der Waals surface area contributed by atoms with Gasteiger partial charge in [-0.15, -0.1) is 0 Å². The number of nitrogens with one attached hydrogen (secondary N) is 1. The number of amides is 1. The summed E-state index contributed by atoms with van der Waals surface area (Å²) in [5.74, 6) is 0.657. The fourth-order valence-electron chi connectivity index (χ4n) is 4.27. The second-order valence-electron chi connectivity index (χ2n) is 10.4. The van der Waals surface area contributed by atoms with Crippen LogP contribution >= 0.6 is 7.60 Å². The van der Waals surface area contributed by atoms with Gasteiger partial charge in [0.15, 0.2) is 6.35 Å². The third kappa shape index (κ3) is 10.5. The zero-order valence-corrected chi connectivity index (χ0v) is 25.5. The molecular formula is C27H39N2O11PS. The van der Waals surface area contributed by atoms with Gasteiger partial charge in [-0.05, 0) is 54.3 Å². The summed E-state index contributed by atoms with van der Waals surface area (Å²) < 4.78 is 60.3. The van der Waals surface area contributed by atoms with E-state index in [0.717, 1.165) is 0 Å². The summed E-state index contributed by atoms with van der Waals surface area (Å²) in [6.45, 7) is 4.25. The van der Waals surface area contributed by atoms with Crippen LogP contribution in [-0.4, -0.2) is 91.7 Å². The smallest absolute Gasteiger partial charge is 0.407 e. The van der Waals surface area contributed by atoms with Gasteiger partial charge in [0, 0.05) is 19.5 Å². The van der Waals surface area contributed by atoms with E-state index in [2.05, 4.69) is 5.32 Å². The Labute approximate surface area is 245 Å². The van der Waals surface area contributed by atoms with Crippen molar-refractivity contribution in [2.24, 2.45) is 5.92 Å². The van der Waals surface area contributed by atoms with E-state index in [4.69, 9.17) is 28.7 Å². The van der Waals surface area contributed by atoms with Gasteiger partial charge in [0.05, 0.1) is 37.4 Å². The molecule has 1 heterocycles. The first-order valence-corrected chi connectivity index (χ1v) is 16.6. The highest BCUT2D eigenvalue weighted by Crippen LogP contribution is 2.34. The van der Waals surface area contributed by atoms with Crippen molar-refractivity contribution in [3.8, 4) is 11.5 Å². The number of carbonyl (C=O) groups excluding carboxylic acids is 1. The Hall–Kier alpha value is -2.71. The molecule has 0 spiro atoms. The van der Waals surface area contributed by atoms with Gasteiger partial charge in [-0.25, -0.2) is 13.2 Å². The van der Waals surface area contributed by atoms with Crippen LogP contribution < -0.4 is 14.8 Å². The molecule has 0 saturated carbocycles. The number of aliphatic hydroxyl groups excluding tert-OH is 1. The van der Waals surface area contributed by atoms with E-state index in [0.29, 0.717) is 24.3 Å². The fraction of sp³-hybridized carbons (Fsp3) is 0.519. The van der Waals surface area contributed by atoms with Crippen LogP contribution in [0.4, 0.5) is 4.79 Å². The maximum absolute atomic E-state index is 13.6. The van der Waals surface area contributed by atoms with E-state index in [1.807, 2.05) is 13.8 Å². The molecule has 15 heteroatoms. The normalized spacial score (nSPS) is 17.2. The molecule has 1 saturated heterocycles. The lowest BCUT2D eigenvalue weighted by Crippen LogP contribution is -2.51. The van der Waals surface area contributed by atoms with Crippen molar-refractivity contribution in [2.45, 2.75) is 49.8 Å². The third-order valence-electron chi connectivity index (χ3n) is 6.36. The number of alkyl carbamates (subject to hydrolysis) is 1. The molecule has 3 rings (SSSR count). The largest absolute Gasteiger partial charge is 0.497 e. The molecule has 1 aliphatic heterocycles. The van der Waals surface area contributed by atoms with Crippen LogP contribution in [0.25, 0.3) is 0 Å². The van der Waals surface area contributed by atoms with Crippen LogP contribution in [-0.2, 0) is 30.5 Å². The van der Waals surface area contributed by atoms with E-state index < -0.39 is 48.3 Å². The van der Waals surface area contributed by atoms with E-state index in [-0.39, 0.29) is 42.7 Å². The summed E-state index contributed by atoms with van der Waals surface area (Å²) in [6, 6.07) is 11.2. The van der Waals surface area contributed by atoms with E-state index in [9.17, 15) is 22.9 Å². The Morgan fingerprint density at radius 1 is 1.10 bits per heavy atom. The number of hydrogen-bond donors (Lipinski definition) is 4. The van der Waals surface area contributed by atoms with Crippen LogP contribution in [0.2, 0.25) is 0 Å². The number of carbonyl (C=O) groups is 1. The minimum absolute atomic E-state index is 0.0344. The van der Waals surface area contributed by atoms with Gasteiger partial charge >= 0.3 is 13.7 Å². The Kier molecular flexibility index (Phi) is 12.2. The van der Waals surface area contributed by atoms with Crippen molar-refractivity contribution in [3.05, 3.63) is 54.1 Å². The standard InChI is InChI=1S/C27H39N2O11PS/c1-19(2)15-29(42(35,36)24-10-8-21(37-3)9-11-24)16-26(30)25(28-27(31)40-23-12-13-38-17-23)14-20-4-6-22(7-5-20)39-18-41(32,33)34/h4-11,19,23,25-26,30H,12-18H2,1-3H3,(H,28,31)(H2,32,33,34)/t23?,25-,26+/m0/s1. The maximum atomic E-state index is 13.6. The molecule has 1 fully saturated rings. The molecule has 234 valence electrons. The number of methoxy groups -OCH3 is 1. The third-order valence-corrected chi connectivity index (χ3v) is 8.68. The van der Waals surface area contributed by atoms with Crippen molar-refractivity contribution >= 4 is 23.7 Å². The lowest BCUT2D eigenvalue weighted by atomic mass is 10.0. The highest BCUT2D eigenvalue weighted by molar-refractivity contribution is 7.89. The van der Waals surface area contributed by atoms with Gasteiger partial charge in [-0.3, -0.25) is 4.57 Å². The predicted octanol–water partition coefficient (Wildman–Crippen LogP) is 2.34. The zero-order chi connectivity index (χ0) is 30.9. The van der Waals surface area contributed by atoms with E-state index >= 15 is 0 Å². The average Bonchev–Trinajstić information content (AvgIpc) is 3.44. The van der Waals surface area contributed by atoms with Crippen LogP contribution in [0.3, 0.4) is 0 Å². The molecule has 4 N–H and O–H groups in total. The molecule has 13 nitrogen and oxygen atoms in total. The van der Waals surface area contributed by atoms with Gasteiger partial charge in [-0.1, -0.05) is 26.0 Å². The molecule has 2 aromatic rings. The Morgan fingerprint density at radius 3 is 2.29 bits per heavy atom. The molecule has 0 aliphatic carbocycles. The molecule has 42 heavy (non-hydrogen) atoms. The van der Waals surface area contributed by atoms with Crippen LogP contribution in [0.5, 0.6) is 11.5 Å². The summed E-state index contributed by atoms with van der Waals surface area (Å²) in [5.41, 5.74) is 0.639. The zero-order valence-electron chi connectivity index (χ0n) is 23.8. The molecule has 1 amide bonds. The predicted molar refractivity (Wildman–Crippen MR) is 153 cm³/mol. The molecule has 0 bridgehead atoms. The number of hydrogen-bond acceptors (Lipinski definition) is 9. The molecule has 3 atom stereocenters. The van der Waals surface area contributed by atoms with Crippen molar-refractivity contribution in [3.63, 3.8) is 0 Å². The van der Waals surface area contributed by atoms with E-state index in [1.165, 1.54) is 47.8 Å². The molecule has 1 unspecified atom stereocenters. The SMILES string of the molecule is COc1ccc(S(=O)(=O)N(CC(C)C)C[C@@H](O)[C@H](Cc2ccc(OCP(=O)(O)O)cc2)NC(=O)OC2CCOC2)cc1. The second kappa shape index (κ2) is 15.1. The summed E-state index contributed by atoms with van der Waals surface area (Å²) in [7, 11) is -6.90. The number of ether oxygens (including phenoxy) is 4. The fourth-order valence-corrected chi connectivity index (χ4v) is 6.21. The Balaban J connectivity index is 1.81. The van der Waals surface area contributed by atoms with Gasteiger partial charge < -0.3 is 39.2 Å². The summed E-state index contributed by atoms with van der Waals surface area (Å²) in [6.07, 6.45) is -2.69. The summed E-state index contributed by atoms with van der Waals surface area (Å²) >= 11 is 0. The lowest BCUT2D eigenvalue weighted by Gasteiger charge is -2.30. The van der Waals surface area contributed by atoms with Crippen molar-refractivity contribution in [1.82, 2.24) is 9.62 Å². The quantitative estimate of drug-likeness (QED) is 0.212. The minimum Gasteiger partial charge on any atom is -0.497 e. The van der Waals surface area contributed by atoms with Crippen molar-refractivity contribution < 1.29 is 51.6 Å². The van der Waals surface area contributed by atoms with Crippen molar-refractivity contribution in [2.75, 3.05) is 39.8 Å². The van der Waals surface area contributed by atoms with Gasteiger partial charge in [-0.2, -0.15) is 4.31 Å². The van der Waals surface area contributed by atoms with Gasteiger partial charge in [0.1, 0.15) is 17.6 Å². The van der Waals surface area contributed by atoms with Crippen LogP contribution in [0.15, 0.2) is 53.4 Å². The number of nitrogens with zero attached hydrogens (tertiary/aromatic N) is 1. The van der Waals surface area contributed by atoms with Crippen LogP contribution in [0.1, 0.15) is 25.8 Å². The first-order chi connectivity index (χ1) is 19.8. The highest BCUT2D eigenvalue weighted by atomic mass is 32.2. The second-order valence-corrected chi connectivity index (χ2v) is 13.9. The first kappa shape index (κ1) is 33.8. The number of sulfonamides is 1.